The molecule has 0 aromatic heterocycles. The number of nitriles is 1. The van der Waals surface area contributed by atoms with Gasteiger partial charge in [0.05, 0.1) is 11.6 Å². The summed E-state index contributed by atoms with van der Waals surface area (Å²) in [5.74, 6) is 0.908. The fourth-order valence-electron chi connectivity index (χ4n) is 1.85. The summed E-state index contributed by atoms with van der Waals surface area (Å²) >= 11 is 1.79. The van der Waals surface area contributed by atoms with E-state index in [1.54, 1.807) is 11.8 Å². The van der Waals surface area contributed by atoms with Gasteiger partial charge in [-0.3, -0.25) is 0 Å². The maximum atomic E-state index is 8.85. The summed E-state index contributed by atoms with van der Waals surface area (Å²) < 4.78 is 0. The fraction of sp³-hybridized carbons (Fsp3) is 0.188. The SMILES string of the molecule is Cc1cc(C#N)ccc1CSc1cccc(CN)c1. The Morgan fingerprint density at radius 2 is 2.05 bits per heavy atom. The number of aryl methyl sites for hydroxylation is 1. The summed E-state index contributed by atoms with van der Waals surface area (Å²) in [4.78, 5) is 1.23. The van der Waals surface area contributed by atoms with Crippen LogP contribution in [-0.2, 0) is 12.3 Å². The van der Waals surface area contributed by atoms with Crippen molar-refractivity contribution in [1.82, 2.24) is 0 Å². The molecule has 0 spiro atoms. The molecule has 0 aliphatic rings. The number of rotatable bonds is 4. The van der Waals surface area contributed by atoms with Crippen molar-refractivity contribution in [1.29, 1.82) is 5.26 Å². The van der Waals surface area contributed by atoms with Crippen LogP contribution in [0.2, 0.25) is 0 Å². The van der Waals surface area contributed by atoms with Crippen LogP contribution in [0.3, 0.4) is 0 Å². The molecule has 2 rings (SSSR count). The zero-order chi connectivity index (χ0) is 13.7. The molecule has 0 bridgehead atoms. The number of benzene rings is 2. The molecule has 0 amide bonds. The highest BCUT2D eigenvalue weighted by atomic mass is 32.2. The minimum atomic E-state index is 0.574. The summed E-state index contributed by atoms with van der Waals surface area (Å²) in [5, 5.41) is 8.85. The number of hydrogen-bond donors (Lipinski definition) is 1. The topological polar surface area (TPSA) is 49.8 Å². The molecule has 0 saturated heterocycles. The van der Waals surface area contributed by atoms with Crippen LogP contribution in [-0.4, -0.2) is 0 Å². The Labute approximate surface area is 118 Å². The molecule has 0 saturated carbocycles. The third kappa shape index (κ3) is 3.60. The molecule has 19 heavy (non-hydrogen) atoms. The quantitative estimate of drug-likeness (QED) is 0.862. The Kier molecular flexibility index (Phi) is 4.62. The van der Waals surface area contributed by atoms with Crippen LogP contribution in [0.4, 0.5) is 0 Å². The van der Waals surface area contributed by atoms with Crippen LogP contribution in [0.25, 0.3) is 0 Å². The Balaban J connectivity index is 2.08. The van der Waals surface area contributed by atoms with Crippen molar-refractivity contribution in [2.45, 2.75) is 24.1 Å². The van der Waals surface area contributed by atoms with Crippen LogP contribution in [0.15, 0.2) is 47.4 Å². The minimum absolute atomic E-state index is 0.574. The molecule has 2 N–H and O–H groups in total. The predicted octanol–water partition coefficient (Wildman–Crippen LogP) is 3.62. The zero-order valence-corrected chi connectivity index (χ0v) is 11.7. The molecule has 2 aromatic carbocycles. The van der Waals surface area contributed by atoms with Gasteiger partial charge in [-0.05, 0) is 47.9 Å². The Morgan fingerprint density at radius 3 is 2.74 bits per heavy atom. The van der Waals surface area contributed by atoms with E-state index in [0.29, 0.717) is 6.54 Å². The van der Waals surface area contributed by atoms with E-state index in [2.05, 4.69) is 18.2 Å². The van der Waals surface area contributed by atoms with E-state index < -0.39 is 0 Å². The zero-order valence-electron chi connectivity index (χ0n) is 10.9. The normalized spacial score (nSPS) is 10.2. The lowest BCUT2D eigenvalue weighted by molar-refractivity contribution is 1.06. The first-order chi connectivity index (χ1) is 9.22. The van der Waals surface area contributed by atoms with Gasteiger partial charge in [0.1, 0.15) is 0 Å². The smallest absolute Gasteiger partial charge is 0.0991 e. The van der Waals surface area contributed by atoms with Crippen molar-refractivity contribution in [2.24, 2.45) is 5.73 Å². The van der Waals surface area contributed by atoms with E-state index in [4.69, 9.17) is 11.0 Å². The van der Waals surface area contributed by atoms with Gasteiger partial charge in [0.25, 0.3) is 0 Å². The molecule has 0 atom stereocenters. The highest BCUT2D eigenvalue weighted by Gasteiger charge is 2.02. The van der Waals surface area contributed by atoms with Crippen molar-refractivity contribution in [3.05, 3.63) is 64.7 Å². The van der Waals surface area contributed by atoms with E-state index in [9.17, 15) is 0 Å². The number of nitrogens with two attached hydrogens (primary N) is 1. The van der Waals surface area contributed by atoms with Gasteiger partial charge >= 0.3 is 0 Å². The van der Waals surface area contributed by atoms with Crippen molar-refractivity contribution in [2.75, 3.05) is 0 Å². The van der Waals surface area contributed by atoms with Gasteiger partial charge in [-0.2, -0.15) is 5.26 Å². The molecule has 0 radical (unpaired) electrons. The van der Waals surface area contributed by atoms with Gasteiger partial charge in [-0.15, -0.1) is 11.8 Å². The molecule has 3 heteroatoms. The molecule has 0 unspecified atom stereocenters. The Bertz CT molecular complexity index is 614. The summed E-state index contributed by atoms with van der Waals surface area (Å²) in [5.41, 5.74) is 9.95. The first-order valence-electron chi connectivity index (χ1n) is 6.14. The second-order valence-corrected chi connectivity index (χ2v) is 5.44. The lowest BCUT2D eigenvalue weighted by atomic mass is 10.1. The second-order valence-electron chi connectivity index (χ2n) is 4.39. The largest absolute Gasteiger partial charge is 0.326 e. The molecule has 0 aliphatic carbocycles. The number of nitrogens with zero attached hydrogens (tertiary/aromatic N) is 1. The molecular formula is C16H16N2S. The first-order valence-corrected chi connectivity index (χ1v) is 7.13. The first kappa shape index (κ1) is 13.7. The van der Waals surface area contributed by atoms with Crippen LogP contribution >= 0.6 is 11.8 Å². The van der Waals surface area contributed by atoms with E-state index in [1.165, 1.54) is 16.0 Å². The van der Waals surface area contributed by atoms with Gasteiger partial charge in [-0.25, -0.2) is 0 Å². The molecule has 96 valence electrons. The average molecular weight is 268 g/mol. The van der Waals surface area contributed by atoms with Crippen molar-refractivity contribution < 1.29 is 0 Å². The summed E-state index contributed by atoms with van der Waals surface area (Å²) in [6.45, 7) is 2.62. The predicted molar refractivity (Wildman–Crippen MR) is 79.8 cm³/mol. The van der Waals surface area contributed by atoms with Crippen molar-refractivity contribution >= 4 is 11.8 Å². The van der Waals surface area contributed by atoms with E-state index in [-0.39, 0.29) is 0 Å². The molecule has 2 nitrogen and oxygen atoms in total. The van der Waals surface area contributed by atoms with Gasteiger partial charge in [0.15, 0.2) is 0 Å². The number of thioether (sulfide) groups is 1. The van der Waals surface area contributed by atoms with E-state index in [1.807, 2.05) is 37.3 Å². The van der Waals surface area contributed by atoms with Crippen molar-refractivity contribution in [3.8, 4) is 6.07 Å². The molecule has 0 fully saturated rings. The van der Waals surface area contributed by atoms with E-state index in [0.717, 1.165) is 16.9 Å². The van der Waals surface area contributed by atoms with Gasteiger partial charge in [0, 0.05) is 17.2 Å². The fourth-order valence-corrected chi connectivity index (χ4v) is 2.91. The van der Waals surface area contributed by atoms with Crippen LogP contribution in [0, 0.1) is 18.3 Å². The maximum absolute atomic E-state index is 8.85. The van der Waals surface area contributed by atoms with Gasteiger partial charge < -0.3 is 5.73 Å². The monoisotopic (exact) mass is 268 g/mol. The summed E-state index contributed by atoms with van der Waals surface area (Å²) in [6.07, 6.45) is 0. The third-order valence-corrected chi connectivity index (χ3v) is 4.04. The molecular weight excluding hydrogens is 252 g/mol. The maximum Gasteiger partial charge on any atom is 0.0991 e. The van der Waals surface area contributed by atoms with E-state index >= 15 is 0 Å². The molecule has 0 heterocycles. The lowest BCUT2D eigenvalue weighted by Crippen LogP contribution is -1.95. The summed E-state index contributed by atoms with van der Waals surface area (Å²) in [6, 6.07) is 16.3. The number of hydrogen-bond acceptors (Lipinski definition) is 3. The standard InChI is InChI=1S/C16H16N2S/c1-12-7-14(10-18)5-6-15(12)11-19-16-4-2-3-13(8-16)9-17/h2-8H,9,11,17H2,1H3. The van der Waals surface area contributed by atoms with Gasteiger partial charge in [0.2, 0.25) is 0 Å². The average Bonchev–Trinajstić information content (AvgIpc) is 2.46. The minimum Gasteiger partial charge on any atom is -0.326 e. The molecule has 2 aromatic rings. The van der Waals surface area contributed by atoms with Gasteiger partial charge in [-0.1, -0.05) is 18.2 Å². The van der Waals surface area contributed by atoms with Crippen LogP contribution in [0.1, 0.15) is 22.3 Å². The highest BCUT2D eigenvalue weighted by molar-refractivity contribution is 7.98. The van der Waals surface area contributed by atoms with Crippen LogP contribution < -0.4 is 5.73 Å². The third-order valence-electron chi connectivity index (χ3n) is 3.00. The second kappa shape index (κ2) is 6.42. The summed E-state index contributed by atoms with van der Waals surface area (Å²) in [7, 11) is 0. The Morgan fingerprint density at radius 1 is 1.21 bits per heavy atom. The molecule has 0 aliphatic heterocycles. The lowest BCUT2D eigenvalue weighted by Gasteiger charge is -2.07. The Hall–Kier alpha value is -1.76. The van der Waals surface area contributed by atoms with Crippen molar-refractivity contribution in [3.63, 3.8) is 0 Å². The highest BCUT2D eigenvalue weighted by Crippen LogP contribution is 2.25. The van der Waals surface area contributed by atoms with Crippen LogP contribution in [0.5, 0.6) is 0 Å².